The van der Waals surface area contributed by atoms with Crippen LogP contribution >= 0.6 is 0 Å². The summed E-state index contributed by atoms with van der Waals surface area (Å²) in [4.78, 5) is 12.0. The molecule has 0 heterocycles. The Bertz CT molecular complexity index is 635. The lowest BCUT2D eigenvalue weighted by atomic mass is 10.1. The van der Waals surface area contributed by atoms with E-state index in [9.17, 15) is 15.0 Å². The van der Waals surface area contributed by atoms with Crippen LogP contribution in [0.1, 0.15) is 21.5 Å². The van der Waals surface area contributed by atoms with Crippen molar-refractivity contribution in [3.63, 3.8) is 0 Å². The largest absolute Gasteiger partial charge is 0.507 e. The van der Waals surface area contributed by atoms with Gasteiger partial charge in [0.15, 0.2) is 0 Å². The molecule has 0 bridgehead atoms. The third-order valence-corrected chi connectivity index (χ3v) is 2.80. The van der Waals surface area contributed by atoms with Crippen molar-refractivity contribution in [2.24, 2.45) is 0 Å². The molecule has 0 aliphatic rings. The minimum Gasteiger partial charge on any atom is -0.507 e. The number of benzene rings is 2. The van der Waals surface area contributed by atoms with Gasteiger partial charge in [-0.25, -0.2) is 0 Å². The Hall–Kier alpha value is -2.49. The van der Waals surface area contributed by atoms with Gasteiger partial charge in [0.1, 0.15) is 11.5 Å². The van der Waals surface area contributed by atoms with Crippen LogP contribution in [-0.4, -0.2) is 16.1 Å². The van der Waals surface area contributed by atoms with Crippen molar-refractivity contribution in [3.8, 4) is 11.5 Å². The second-order valence-corrected chi connectivity index (χ2v) is 4.50. The van der Waals surface area contributed by atoms with Gasteiger partial charge in [0.2, 0.25) is 0 Å². The first-order chi connectivity index (χ1) is 8.97. The van der Waals surface area contributed by atoms with Gasteiger partial charge < -0.3 is 15.5 Å². The topological polar surface area (TPSA) is 69.6 Å². The summed E-state index contributed by atoms with van der Waals surface area (Å²) < 4.78 is 0. The fourth-order valence-corrected chi connectivity index (χ4v) is 1.77. The molecule has 0 atom stereocenters. The lowest BCUT2D eigenvalue weighted by molar-refractivity contribution is 0.102. The highest BCUT2D eigenvalue weighted by Crippen LogP contribution is 2.26. The molecule has 0 aliphatic carbocycles. The summed E-state index contributed by atoms with van der Waals surface area (Å²) in [6, 6.07) is 9.77. The SMILES string of the molecule is Cc1ccc(NC(=O)c2ccc(C)cc2O)c(O)c1. The number of aromatic hydroxyl groups is 2. The van der Waals surface area contributed by atoms with Gasteiger partial charge in [-0.1, -0.05) is 12.1 Å². The fourth-order valence-electron chi connectivity index (χ4n) is 1.77. The number of phenolic OH excluding ortho intramolecular Hbond substituents is 2. The molecule has 4 nitrogen and oxygen atoms in total. The minimum absolute atomic E-state index is 0.0000449. The molecule has 3 N–H and O–H groups in total. The second-order valence-electron chi connectivity index (χ2n) is 4.50. The minimum atomic E-state index is -0.461. The van der Waals surface area contributed by atoms with Crippen LogP contribution < -0.4 is 5.32 Å². The molecule has 0 radical (unpaired) electrons. The van der Waals surface area contributed by atoms with Gasteiger partial charge >= 0.3 is 0 Å². The Morgan fingerprint density at radius 1 is 0.947 bits per heavy atom. The van der Waals surface area contributed by atoms with Crippen LogP contribution in [0.4, 0.5) is 5.69 Å². The number of hydrogen-bond acceptors (Lipinski definition) is 3. The van der Waals surface area contributed by atoms with Gasteiger partial charge in [0, 0.05) is 0 Å². The molecule has 4 heteroatoms. The maximum Gasteiger partial charge on any atom is 0.259 e. The number of aryl methyl sites for hydroxylation is 2. The number of carbonyl (C=O) groups excluding carboxylic acids is 1. The lowest BCUT2D eigenvalue weighted by Crippen LogP contribution is -2.12. The monoisotopic (exact) mass is 257 g/mol. The van der Waals surface area contributed by atoms with E-state index in [0.717, 1.165) is 11.1 Å². The summed E-state index contributed by atoms with van der Waals surface area (Å²) >= 11 is 0. The second kappa shape index (κ2) is 5.02. The third kappa shape index (κ3) is 2.85. The van der Waals surface area contributed by atoms with Crippen LogP contribution in [0.5, 0.6) is 11.5 Å². The molecule has 0 aromatic heterocycles. The molecule has 2 aromatic rings. The average Bonchev–Trinajstić information content (AvgIpc) is 2.32. The van der Waals surface area contributed by atoms with Crippen molar-refractivity contribution in [3.05, 3.63) is 53.1 Å². The number of anilines is 1. The molecule has 0 spiro atoms. The molecule has 0 unspecified atom stereocenters. The van der Waals surface area contributed by atoms with Gasteiger partial charge in [-0.15, -0.1) is 0 Å². The summed E-state index contributed by atoms with van der Waals surface area (Å²) in [7, 11) is 0. The first kappa shape index (κ1) is 13.0. The van der Waals surface area contributed by atoms with E-state index in [2.05, 4.69) is 5.32 Å². The predicted octanol–water partition coefficient (Wildman–Crippen LogP) is 2.97. The molecule has 2 aromatic carbocycles. The molecule has 0 aliphatic heterocycles. The van der Waals surface area contributed by atoms with Crippen LogP contribution in [0.15, 0.2) is 36.4 Å². The van der Waals surface area contributed by atoms with Crippen molar-refractivity contribution in [1.82, 2.24) is 0 Å². The molecule has 0 saturated heterocycles. The predicted molar refractivity (Wildman–Crippen MR) is 73.6 cm³/mol. The van der Waals surface area contributed by atoms with Crippen LogP contribution in [-0.2, 0) is 0 Å². The van der Waals surface area contributed by atoms with E-state index in [4.69, 9.17) is 0 Å². The smallest absolute Gasteiger partial charge is 0.259 e. The highest BCUT2D eigenvalue weighted by Gasteiger charge is 2.13. The maximum atomic E-state index is 12.0. The molecule has 0 saturated carbocycles. The average molecular weight is 257 g/mol. The standard InChI is InChI=1S/C15H15NO3/c1-9-3-5-11(13(17)7-9)15(19)16-12-6-4-10(2)8-14(12)18/h3-8,17-18H,1-2H3,(H,16,19). The van der Waals surface area contributed by atoms with Gasteiger partial charge in [0.25, 0.3) is 5.91 Å². The normalized spacial score (nSPS) is 10.2. The highest BCUT2D eigenvalue weighted by atomic mass is 16.3. The van der Waals surface area contributed by atoms with Crippen molar-refractivity contribution >= 4 is 11.6 Å². The molecule has 98 valence electrons. The van der Waals surface area contributed by atoms with E-state index < -0.39 is 5.91 Å². The number of amides is 1. The fraction of sp³-hybridized carbons (Fsp3) is 0.133. The van der Waals surface area contributed by atoms with Crippen molar-refractivity contribution in [2.45, 2.75) is 13.8 Å². The van der Waals surface area contributed by atoms with Gasteiger partial charge in [-0.05, 0) is 49.2 Å². The summed E-state index contributed by atoms with van der Waals surface area (Å²) in [5.74, 6) is -0.541. The molecule has 19 heavy (non-hydrogen) atoms. The van der Waals surface area contributed by atoms with Crippen LogP contribution in [0.3, 0.4) is 0 Å². The number of carbonyl (C=O) groups is 1. The molecular formula is C15H15NO3. The zero-order valence-electron chi connectivity index (χ0n) is 10.8. The first-order valence-electron chi connectivity index (χ1n) is 5.88. The van der Waals surface area contributed by atoms with Crippen molar-refractivity contribution in [1.29, 1.82) is 0 Å². The summed E-state index contributed by atoms with van der Waals surface area (Å²) in [6.45, 7) is 3.67. The van der Waals surface area contributed by atoms with Gasteiger partial charge in [-0.3, -0.25) is 4.79 Å². The molecule has 2 rings (SSSR count). The van der Waals surface area contributed by atoms with E-state index in [-0.39, 0.29) is 17.1 Å². The Morgan fingerprint density at radius 3 is 2.11 bits per heavy atom. The van der Waals surface area contributed by atoms with Crippen molar-refractivity contribution < 1.29 is 15.0 Å². The van der Waals surface area contributed by atoms with E-state index in [1.807, 2.05) is 13.8 Å². The molecule has 1 amide bonds. The maximum absolute atomic E-state index is 12.0. The number of rotatable bonds is 2. The van der Waals surface area contributed by atoms with Crippen molar-refractivity contribution in [2.75, 3.05) is 5.32 Å². The zero-order chi connectivity index (χ0) is 14.0. The van der Waals surface area contributed by atoms with E-state index in [1.54, 1.807) is 30.3 Å². The Kier molecular flexibility index (Phi) is 3.42. The Balaban J connectivity index is 2.25. The van der Waals surface area contributed by atoms with Gasteiger partial charge in [-0.2, -0.15) is 0 Å². The van der Waals surface area contributed by atoms with E-state index in [1.165, 1.54) is 6.07 Å². The van der Waals surface area contributed by atoms with E-state index >= 15 is 0 Å². The third-order valence-electron chi connectivity index (χ3n) is 2.80. The first-order valence-corrected chi connectivity index (χ1v) is 5.88. The number of nitrogens with one attached hydrogen (secondary N) is 1. The summed E-state index contributed by atoms with van der Waals surface area (Å²) in [5.41, 5.74) is 2.25. The summed E-state index contributed by atoms with van der Waals surface area (Å²) in [5, 5.41) is 22.0. The highest BCUT2D eigenvalue weighted by molar-refractivity contribution is 6.06. The number of hydrogen-bond donors (Lipinski definition) is 3. The van der Waals surface area contributed by atoms with Crippen LogP contribution in [0.2, 0.25) is 0 Å². The van der Waals surface area contributed by atoms with E-state index in [0.29, 0.717) is 5.69 Å². The lowest BCUT2D eigenvalue weighted by Gasteiger charge is -2.09. The quantitative estimate of drug-likeness (QED) is 0.724. The number of phenols is 2. The van der Waals surface area contributed by atoms with Crippen LogP contribution in [0, 0.1) is 13.8 Å². The molecular weight excluding hydrogens is 242 g/mol. The zero-order valence-corrected chi connectivity index (χ0v) is 10.8. The Labute approximate surface area is 111 Å². The van der Waals surface area contributed by atoms with Crippen LogP contribution in [0.25, 0.3) is 0 Å². The Morgan fingerprint density at radius 2 is 1.53 bits per heavy atom. The summed E-state index contributed by atoms with van der Waals surface area (Å²) in [6.07, 6.45) is 0. The molecule has 0 fully saturated rings. The van der Waals surface area contributed by atoms with Gasteiger partial charge in [0.05, 0.1) is 11.3 Å².